The first-order valence-corrected chi connectivity index (χ1v) is 14.4. The molecule has 0 heterocycles. The fraction of sp³-hybridized carbons (Fsp3) is 0. The van der Waals surface area contributed by atoms with E-state index in [4.69, 9.17) is 0 Å². The summed E-state index contributed by atoms with van der Waals surface area (Å²) in [6.45, 7) is 0. The average Bonchev–Trinajstić information content (AvgIpc) is 3.07. The Hall–Kier alpha value is -5.46. The molecule has 0 fully saturated rings. The van der Waals surface area contributed by atoms with Crippen molar-refractivity contribution in [1.82, 2.24) is 0 Å². The molecule has 7 rings (SSSR count). The lowest BCUT2D eigenvalue weighted by atomic mass is 9.95. The smallest absolute Gasteiger partial charge is 0.0105 e. The fourth-order valence-corrected chi connectivity index (χ4v) is 5.56. The Kier molecular flexibility index (Phi) is 7.02. The van der Waals surface area contributed by atoms with E-state index in [0.717, 1.165) is 0 Å². The van der Waals surface area contributed by atoms with E-state index < -0.39 is 0 Å². The zero-order valence-electron chi connectivity index (χ0n) is 23.3. The van der Waals surface area contributed by atoms with Crippen LogP contribution in [-0.2, 0) is 0 Å². The lowest BCUT2D eigenvalue weighted by Gasteiger charge is -2.10. The minimum Gasteiger partial charge on any atom is -0.0622 e. The van der Waals surface area contributed by atoms with Gasteiger partial charge in [-0.05, 0) is 90.3 Å². The third kappa shape index (κ3) is 5.57. The summed E-state index contributed by atoms with van der Waals surface area (Å²) in [7, 11) is 0. The third-order valence-corrected chi connectivity index (χ3v) is 7.83. The molecule has 0 saturated heterocycles. The number of hydrogen-bond donors (Lipinski definition) is 0. The molecule has 0 aromatic heterocycles. The van der Waals surface area contributed by atoms with Gasteiger partial charge in [0.2, 0.25) is 0 Å². The van der Waals surface area contributed by atoms with Gasteiger partial charge in [0.1, 0.15) is 0 Å². The third-order valence-electron chi connectivity index (χ3n) is 7.83. The fourth-order valence-electron chi connectivity index (χ4n) is 5.56. The highest BCUT2D eigenvalue weighted by molar-refractivity contribution is 5.93. The predicted octanol–water partition coefficient (Wildman–Crippen LogP) is 11.4. The summed E-state index contributed by atoms with van der Waals surface area (Å²) in [5.74, 6) is 0. The molecule has 198 valence electrons. The molecular formula is C42H30. The summed E-state index contributed by atoms with van der Waals surface area (Å²) in [5.41, 5.74) is 9.70. The van der Waals surface area contributed by atoms with Crippen LogP contribution >= 0.6 is 0 Å². The zero-order valence-corrected chi connectivity index (χ0v) is 23.3. The van der Waals surface area contributed by atoms with Gasteiger partial charge in [0.05, 0.1) is 0 Å². The Morgan fingerprint density at radius 1 is 0.333 bits per heavy atom. The molecule has 0 heteroatoms. The van der Waals surface area contributed by atoms with Gasteiger partial charge in [-0.3, -0.25) is 0 Å². The van der Waals surface area contributed by atoms with Gasteiger partial charge >= 0.3 is 0 Å². The molecule has 0 aliphatic heterocycles. The Balaban J connectivity index is 1.13. The van der Waals surface area contributed by atoms with Gasteiger partial charge < -0.3 is 0 Å². The number of hydrogen-bond acceptors (Lipinski definition) is 0. The Morgan fingerprint density at radius 3 is 1.43 bits per heavy atom. The highest BCUT2D eigenvalue weighted by Crippen LogP contribution is 2.29. The van der Waals surface area contributed by atoms with Crippen LogP contribution in [0.3, 0.4) is 0 Å². The normalized spacial score (nSPS) is 11.2. The summed E-state index contributed by atoms with van der Waals surface area (Å²) in [6.07, 6.45) is 6.67. The lowest BCUT2D eigenvalue weighted by Crippen LogP contribution is -1.88. The molecule has 0 unspecified atom stereocenters. The predicted molar refractivity (Wildman–Crippen MR) is 182 cm³/mol. The summed E-state index contributed by atoms with van der Waals surface area (Å²) < 4.78 is 0. The highest BCUT2D eigenvalue weighted by atomic mass is 14.1. The second-order valence-electron chi connectivity index (χ2n) is 10.7. The van der Waals surface area contributed by atoms with E-state index in [-0.39, 0.29) is 0 Å². The van der Waals surface area contributed by atoms with Crippen LogP contribution in [0.4, 0.5) is 0 Å². The van der Waals surface area contributed by atoms with Crippen molar-refractivity contribution in [1.29, 1.82) is 0 Å². The van der Waals surface area contributed by atoms with Gasteiger partial charge in [0.15, 0.2) is 0 Å². The molecule has 0 saturated carbocycles. The van der Waals surface area contributed by atoms with E-state index >= 15 is 0 Å². The summed E-state index contributed by atoms with van der Waals surface area (Å²) in [5, 5.41) is 5.03. The van der Waals surface area contributed by atoms with Gasteiger partial charge in [-0.2, -0.15) is 0 Å². The van der Waals surface area contributed by atoms with E-state index in [2.05, 4.69) is 182 Å². The largest absolute Gasteiger partial charge is 0.0622 e. The van der Waals surface area contributed by atoms with E-state index in [1.54, 1.807) is 0 Å². The molecule has 0 aliphatic rings. The molecule has 0 amide bonds. The first-order valence-electron chi connectivity index (χ1n) is 14.4. The van der Waals surface area contributed by atoms with Crippen LogP contribution in [0, 0.1) is 0 Å². The van der Waals surface area contributed by atoms with Crippen LogP contribution in [0.1, 0.15) is 27.8 Å². The van der Waals surface area contributed by atoms with Gasteiger partial charge in [-0.25, -0.2) is 0 Å². The molecule has 7 aromatic rings. The summed E-state index contributed by atoms with van der Waals surface area (Å²) in [6, 6.07) is 58.6. The standard InChI is InChI=1S/C42H30/c1-3-10-36(11-4-1)42(37-12-5-2-6-13-37)29-33-18-22-35(23-19-33)40-26-25-39-28-32(20-24-41(39)30-40)16-15-31-17-21-34-9-7-8-14-38(34)27-31/h1-30H/b16-15+. The van der Waals surface area contributed by atoms with Crippen molar-refractivity contribution in [2.45, 2.75) is 0 Å². The lowest BCUT2D eigenvalue weighted by molar-refractivity contribution is 1.55. The van der Waals surface area contributed by atoms with Crippen molar-refractivity contribution >= 4 is 45.3 Å². The van der Waals surface area contributed by atoms with Crippen molar-refractivity contribution in [3.63, 3.8) is 0 Å². The molecule has 42 heavy (non-hydrogen) atoms. The van der Waals surface area contributed by atoms with Crippen molar-refractivity contribution in [2.24, 2.45) is 0 Å². The molecule has 0 nitrogen and oxygen atoms in total. The van der Waals surface area contributed by atoms with Crippen molar-refractivity contribution in [2.75, 3.05) is 0 Å². The van der Waals surface area contributed by atoms with Crippen LogP contribution in [0.15, 0.2) is 164 Å². The van der Waals surface area contributed by atoms with Gasteiger partial charge in [0.25, 0.3) is 0 Å². The van der Waals surface area contributed by atoms with Gasteiger partial charge in [-0.1, -0.05) is 158 Å². The first kappa shape index (κ1) is 25.5. The van der Waals surface area contributed by atoms with Crippen molar-refractivity contribution in [3.05, 3.63) is 192 Å². The molecule has 7 aromatic carbocycles. The van der Waals surface area contributed by atoms with Crippen molar-refractivity contribution in [3.8, 4) is 11.1 Å². The number of fused-ring (bicyclic) bond motifs is 2. The molecule has 0 radical (unpaired) electrons. The van der Waals surface area contributed by atoms with Gasteiger partial charge in [-0.15, -0.1) is 0 Å². The van der Waals surface area contributed by atoms with Crippen LogP contribution in [0.5, 0.6) is 0 Å². The topological polar surface area (TPSA) is 0 Å². The Bertz CT molecular complexity index is 2000. The molecule has 0 N–H and O–H groups in total. The monoisotopic (exact) mass is 534 g/mol. The van der Waals surface area contributed by atoms with E-state index in [0.29, 0.717) is 0 Å². The van der Waals surface area contributed by atoms with Crippen LogP contribution < -0.4 is 0 Å². The maximum Gasteiger partial charge on any atom is -0.0105 e. The average molecular weight is 535 g/mol. The Morgan fingerprint density at radius 2 is 0.786 bits per heavy atom. The highest BCUT2D eigenvalue weighted by Gasteiger charge is 2.06. The minimum atomic E-state index is 1.19. The second-order valence-corrected chi connectivity index (χ2v) is 10.7. The molecule has 0 atom stereocenters. The maximum atomic E-state index is 2.29. The molecular weight excluding hydrogens is 504 g/mol. The molecule has 0 aliphatic carbocycles. The van der Waals surface area contributed by atoms with Crippen LogP contribution in [0.2, 0.25) is 0 Å². The van der Waals surface area contributed by atoms with Crippen LogP contribution in [0.25, 0.3) is 56.5 Å². The number of rotatable bonds is 6. The maximum absolute atomic E-state index is 2.29. The van der Waals surface area contributed by atoms with Gasteiger partial charge in [0, 0.05) is 0 Å². The molecule has 0 spiro atoms. The van der Waals surface area contributed by atoms with Crippen LogP contribution in [-0.4, -0.2) is 0 Å². The number of benzene rings is 7. The van der Waals surface area contributed by atoms with E-state index in [1.807, 2.05) is 0 Å². The SMILES string of the molecule is C(=C(c1ccccc1)c1ccccc1)c1ccc(-c2ccc3cc(/C=C/c4ccc5ccccc5c4)ccc3c2)cc1. The Labute approximate surface area is 247 Å². The quantitative estimate of drug-likeness (QED) is 0.186. The summed E-state index contributed by atoms with van der Waals surface area (Å²) >= 11 is 0. The van der Waals surface area contributed by atoms with E-state index in [9.17, 15) is 0 Å². The second kappa shape index (κ2) is 11.6. The van der Waals surface area contributed by atoms with Crippen molar-refractivity contribution < 1.29 is 0 Å². The first-order chi connectivity index (χ1) is 20.8. The van der Waals surface area contributed by atoms with E-state index in [1.165, 1.54) is 66.1 Å². The molecule has 0 bridgehead atoms. The summed E-state index contributed by atoms with van der Waals surface area (Å²) in [4.78, 5) is 0. The zero-order chi connectivity index (χ0) is 28.1. The minimum absolute atomic E-state index is 1.19.